The molecule has 0 aromatic carbocycles. The summed E-state index contributed by atoms with van der Waals surface area (Å²) in [6, 6.07) is 0. The van der Waals surface area contributed by atoms with Gasteiger partial charge in [0.1, 0.15) is 5.82 Å². The first-order valence-electron chi connectivity index (χ1n) is 6.40. The maximum absolute atomic E-state index is 11.5. The molecule has 2 heterocycles. The topological polar surface area (TPSA) is 69.3 Å². The summed E-state index contributed by atoms with van der Waals surface area (Å²) in [6.45, 7) is 1.06. The molecular formula is C11H21N4O2S2+. The third-order valence-electron chi connectivity index (χ3n) is 3.30. The average Bonchev–Trinajstić information content (AvgIpc) is 2.83. The highest BCUT2D eigenvalue weighted by atomic mass is 32.2. The van der Waals surface area contributed by atoms with Crippen LogP contribution in [0.3, 0.4) is 0 Å². The predicted octanol–water partition coefficient (Wildman–Crippen LogP) is -1.05. The molecule has 1 saturated heterocycles. The van der Waals surface area contributed by atoms with Gasteiger partial charge in [0.2, 0.25) is 0 Å². The Kier molecular flexibility index (Phi) is 4.52. The summed E-state index contributed by atoms with van der Waals surface area (Å²) in [4.78, 5) is 1.40. The Balaban J connectivity index is 2.02. The number of sulfone groups is 1. The maximum atomic E-state index is 11.5. The Morgan fingerprint density at radius 2 is 2.16 bits per heavy atom. The van der Waals surface area contributed by atoms with E-state index in [0.717, 1.165) is 23.3 Å². The standard InChI is InChI=1S/C11H20N4O2S2/c1-14(2)5-6-18-11-13-12-10(15(11)3)9-4-7-19(16,17)8-9/h9H,4-8H2,1-3H3/p+1/t9-/m0/s1. The quantitative estimate of drug-likeness (QED) is 0.703. The number of rotatable bonds is 5. The van der Waals surface area contributed by atoms with Crippen molar-refractivity contribution in [2.24, 2.45) is 7.05 Å². The van der Waals surface area contributed by atoms with Crippen LogP contribution in [-0.4, -0.2) is 61.1 Å². The maximum Gasteiger partial charge on any atom is 0.191 e. The first kappa shape index (κ1) is 14.8. The van der Waals surface area contributed by atoms with Crippen LogP contribution in [0, 0.1) is 0 Å². The minimum atomic E-state index is -2.87. The van der Waals surface area contributed by atoms with Gasteiger partial charge in [-0.05, 0) is 6.42 Å². The molecule has 1 atom stereocenters. The van der Waals surface area contributed by atoms with E-state index in [1.165, 1.54) is 4.90 Å². The van der Waals surface area contributed by atoms with Crippen molar-refractivity contribution in [3.63, 3.8) is 0 Å². The number of thioether (sulfide) groups is 1. The number of quaternary nitrogens is 1. The van der Waals surface area contributed by atoms with E-state index >= 15 is 0 Å². The Bertz CT molecular complexity index is 539. The molecule has 0 amide bonds. The van der Waals surface area contributed by atoms with E-state index in [4.69, 9.17) is 0 Å². The molecule has 0 unspecified atom stereocenters. The third-order valence-corrected chi connectivity index (χ3v) is 6.09. The number of hydrogen-bond acceptors (Lipinski definition) is 5. The Morgan fingerprint density at radius 1 is 1.42 bits per heavy atom. The van der Waals surface area contributed by atoms with Crippen LogP contribution >= 0.6 is 11.8 Å². The van der Waals surface area contributed by atoms with Crippen molar-refractivity contribution >= 4 is 21.6 Å². The van der Waals surface area contributed by atoms with Gasteiger partial charge in [0.15, 0.2) is 15.0 Å². The van der Waals surface area contributed by atoms with Gasteiger partial charge in [-0.3, -0.25) is 0 Å². The molecule has 1 fully saturated rings. The zero-order chi connectivity index (χ0) is 14.0. The molecule has 0 spiro atoms. The molecule has 2 rings (SSSR count). The van der Waals surface area contributed by atoms with E-state index < -0.39 is 9.84 Å². The van der Waals surface area contributed by atoms with Crippen molar-refractivity contribution < 1.29 is 13.3 Å². The molecular weight excluding hydrogens is 284 g/mol. The summed E-state index contributed by atoms with van der Waals surface area (Å²) in [5.74, 6) is 2.29. The molecule has 1 N–H and O–H groups in total. The van der Waals surface area contributed by atoms with Gasteiger partial charge < -0.3 is 9.47 Å². The van der Waals surface area contributed by atoms with Gasteiger partial charge in [0, 0.05) is 13.0 Å². The first-order chi connectivity index (χ1) is 8.89. The SMILES string of the molecule is Cn1c(SCC[NH+](C)C)nnc1[C@H]1CCS(=O)(=O)C1. The molecule has 1 aromatic rings. The molecule has 108 valence electrons. The lowest BCUT2D eigenvalue weighted by atomic mass is 10.1. The average molecular weight is 305 g/mol. The van der Waals surface area contributed by atoms with Crippen molar-refractivity contribution in [3.8, 4) is 0 Å². The zero-order valence-corrected chi connectivity index (χ0v) is 13.2. The van der Waals surface area contributed by atoms with Crippen molar-refractivity contribution in [2.75, 3.05) is 37.9 Å². The minimum Gasteiger partial charge on any atom is -0.339 e. The summed E-state index contributed by atoms with van der Waals surface area (Å²) in [7, 11) is 3.29. The van der Waals surface area contributed by atoms with Gasteiger partial charge in [-0.2, -0.15) is 0 Å². The second-order valence-electron chi connectivity index (χ2n) is 5.31. The van der Waals surface area contributed by atoms with Gasteiger partial charge in [-0.15, -0.1) is 10.2 Å². The lowest BCUT2D eigenvalue weighted by molar-refractivity contribution is -0.855. The molecule has 0 radical (unpaired) electrons. The normalized spacial score (nSPS) is 22.2. The fourth-order valence-corrected chi connectivity index (χ4v) is 4.97. The lowest BCUT2D eigenvalue weighted by Crippen LogP contribution is -3.06. The second-order valence-corrected chi connectivity index (χ2v) is 8.60. The van der Waals surface area contributed by atoms with Crippen LogP contribution in [0.25, 0.3) is 0 Å². The molecule has 0 aliphatic carbocycles. The fraction of sp³-hybridized carbons (Fsp3) is 0.818. The van der Waals surface area contributed by atoms with E-state index in [1.807, 2.05) is 11.6 Å². The van der Waals surface area contributed by atoms with E-state index in [-0.39, 0.29) is 17.4 Å². The van der Waals surface area contributed by atoms with Crippen molar-refractivity contribution in [1.82, 2.24) is 14.8 Å². The lowest BCUT2D eigenvalue weighted by Gasteiger charge is -2.08. The summed E-state index contributed by atoms with van der Waals surface area (Å²) >= 11 is 1.67. The van der Waals surface area contributed by atoms with Crippen LogP contribution in [0.15, 0.2) is 5.16 Å². The molecule has 0 bridgehead atoms. The summed E-state index contributed by atoms with van der Waals surface area (Å²) < 4.78 is 25.0. The number of aromatic nitrogens is 3. The van der Waals surface area contributed by atoms with Gasteiger partial charge >= 0.3 is 0 Å². The third kappa shape index (κ3) is 3.70. The van der Waals surface area contributed by atoms with Crippen LogP contribution < -0.4 is 4.90 Å². The Hall–Kier alpha value is -0.600. The second kappa shape index (κ2) is 5.80. The number of hydrogen-bond donors (Lipinski definition) is 1. The van der Waals surface area contributed by atoms with Crippen LogP contribution in [0.5, 0.6) is 0 Å². The van der Waals surface area contributed by atoms with Crippen molar-refractivity contribution in [1.29, 1.82) is 0 Å². The highest BCUT2D eigenvalue weighted by Crippen LogP contribution is 2.29. The first-order valence-corrected chi connectivity index (χ1v) is 9.21. The highest BCUT2D eigenvalue weighted by Gasteiger charge is 2.32. The predicted molar refractivity (Wildman–Crippen MR) is 75.4 cm³/mol. The van der Waals surface area contributed by atoms with Gasteiger partial charge in [-0.25, -0.2) is 8.42 Å². The van der Waals surface area contributed by atoms with E-state index in [2.05, 4.69) is 24.3 Å². The molecule has 19 heavy (non-hydrogen) atoms. The Labute approximate surface area is 118 Å². The van der Waals surface area contributed by atoms with Crippen LogP contribution in [0.4, 0.5) is 0 Å². The molecule has 1 aromatic heterocycles. The number of nitrogens with one attached hydrogen (secondary N) is 1. The Morgan fingerprint density at radius 3 is 2.74 bits per heavy atom. The summed E-state index contributed by atoms with van der Waals surface area (Å²) in [6.07, 6.45) is 0.667. The van der Waals surface area contributed by atoms with Crippen LogP contribution in [0.2, 0.25) is 0 Å². The van der Waals surface area contributed by atoms with Crippen LogP contribution in [0.1, 0.15) is 18.2 Å². The monoisotopic (exact) mass is 305 g/mol. The van der Waals surface area contributed by atoms with Crippen LogP contribution in [-0.2, 0) is 16.9 Å². The molecule has 1 aliphatic rings. The zero-order valence-electron chi connectivity index (χ0n) is 11.6. The molecule has 8 heteroatoms. The summed E-state index contributed by atoms with van der Waals surface area (Å²) in [5.41, 5.74) is 0. The molecule has 1 aliphatic heterocycles. The largest absolute Gasteiger partial charge is 0.339 e. The molecule has 0 saturated carbocycles. The van der Waals surface area contributed by atoms with Crippen molar-refractivity contribution in [3.05, 3.63) is 5.82 Å². The minimum absolute atomic E-state index is 0.0105. The highest BCUT2D eigenvalue weighted by molar-refractivity contribution is 7.99. The molecule has 6 nitrogen and oxygen atoms in total. The number of nitrogens with zero attached hydrogens (tertiary/aromatic N) is 3. The van der Waals surface area contributed by atoms with Gasteiger partial charge in [-0.1, -0.05) is 11.8 Å². The fourth-order valence-electron chi connectivity index (χ4n) is 2.15. The van der Waals surface area contributed by atoms with Crippen molar-refractivity contribution in [2.45, 2.75) is 17.5 Å². The summed E-state index contributed by atoms with van der Waals surface area (Å²) in [5, 5.41) is 9.23. The van der Waals surface area contributed by atoms with E-state index in [9.17, 15) is 8.42 Å². The van der Waals surface area contributed by atoms with E-state index in [0.29, 0.717) is 6.42 Å². The van der Waals surface area contributed by atoms with E-state index in [1.54, 1.807) is 11.8 Å². The van der Waals surface area contributed by atoms with Gasteiger partial charge in [0.05, 0.1) is 37.9 Å². The van der Waals surface area contributed by atoms with Gasteiger partial charge in [0.25, 0.3) is 0 Å². The smallest absolute Gasteiger partial charge is 0.191 e.